The third kappa shape index (κ3) is 6.78. The van der Waals surface area contributed by atoms with E-state index in [1.165, 1.54) is 10.5 Å². The summed E-state index contributed by atoms with van der Waals surface area (Å²) in [4.78, 5) is 5.88. The highest BCUT2D eigenvalue weighted by molar-refractivity contribution is 7.99. The first-order valence-electron chi connectivity index (χ1n) is 7.97. The van der Waals surface area contributed by atoms with Crippen molar-refractivity contribution in [2.24, 2.45) is 4.99 Å². The molecule has 5 nitrogen and oxygen atoms in total. The first kappa shape index (κ1) is 17.4. The number of aliphatic imine (C=N–C) groups is 1. The summed E-state index contributed by atoms with van der Waals surface area (Å²) in [7, 11) is 0. The molecule has 0 aliphatic rings. The fraction of sp³-hybridized carbons (Fsp3) is 0.412. The predicted molar refractivity (Wildman–Crippen MR) is 98.1 cm³/mol. The summed E-state index contributed by atoms with van der Waals surface area (Å²) in [5.74, 6) is 1.87. The zero-order chi connectivity index (χ0) is 16.3. The minimum Gasteiger partial charge on any atom is -0.357 e. The fourth-order valence-electron chi connectivity index (χ4n) is 2.05. The summed E-state index contributed by atoms with van der Waals surface area (Å²) >= 11 is 1.84. The molecule has 0 fully saturated rings. The highest BCUT2D eigenvalue weighted by atomic mass is 32.2. The van der Waals surface area contributed by atoms with E-state index in [1.807, 2.05) is 41.8 Å². The van der Waals surface area contributed by atoms with Gasteiger partial charge in [-0.2, -0.15) is 5.10 Å². The molecule has 0 saturated carbocycles. The average molecular weight is 331 g/mol. The number of aryl methyl sites for hydroxylation is 1. The van der Waals surface area contributed by atoms with Crippen LogP contribution in [0.25, 0.3) is 0 Å². The molecule has 0 aliphatic heterocycles. The average Bonchev–Trinajstić information content (AvgIpc) is 2.98. The second kappa shape index (κ2) is 9.94. The van der Waals surface area contributed by atoms with Crippen molar-refractivity contribution < 1.29 is 0 Å². The normalized spacial score (nSPS) is 11.5. The van der Waals surface area contributed by atoms with Gasteiger partial charge in [-0.05, 0) is 31.5 Å². The zero-order valence-electron chi connectivity index (χ0n) is 13.8. The van der Waals surface area contributed by atoms with Crippen LogP contribution in [0.15, 0.2) is 52.6 Å². The molecule has 0 spiro atoms. The Hall–Kier alpha value is -1.95. The van der Waals surface area contributed by atoms with Crippen LogP contribution < -0.4 is 10.6 Å². The molecule has 23 heavy (non-hydrogen) atoms. The summed E-state index contributed by atoms with van der Waals surface area (Å²) in [5.41, 5.74) is 1.18. The van der Waals surface area contributed by atoms with Crippen molar-refractivity contribution in [3.05, 3.63) is 48.3 Å². The van der Waals surface area contributed by atoms with E-state index in [1.54, 1.807) is 0 Å². The number of nitrogens with one attached hydrogen (secondary N) is 2. The Balaban J connectivity index is 1.70. The molecule has 2 rings (SSSR count). The smallest absolute Gasteiger partial charge is 0.191 e. The largest absolute Gasteiger partial charge is 0.357 e. The zero-order valence-corrected chi connectivity index (χ0v) is 14.6. The van der Waals surface area contributed by atoms with E-state index >= 15 is 0 Å². The molecule has 0 aliphatic carbocycles. The van der Waals surface area contributed by atoms with E-state index < -0.39 is 0 Å². The van der Waals surface area contributed by atoms with Crippen molar-refractivity contribution in [1.29, 1.82) is 0 Å². The Bertz CT molecular complexity index is 594. The Kier molecular flexibility index (Phi) is 7.52. The van der Waals surface area contributed by atoms with Gasteiger partial charge in [-0.3, -0.25) is 9.67 Å². The summed E-state index contributed by atoms with van der Waals surface area (Å²) in [5, 5.41) is 10.9. The first-order valence-corrected chi connectivity index (χ1v) is 8.95. The summed E-state index contributed by atoms with van der Waals surface area (Å²) in [6.45, 7) is 7.37. The lowest BCUT2D eigenvalue weighted by Gasteiger charge is -2.11. The van der Waals surface area contributed by atoms with E-state index in [4.69, 9.17) is 0 Å². The third-order valence-corrected chi connectivity index (χ3v) is 4.13. The Labute approximate surface area is 142 Å². The number of thioether (sulfide) groups is 1. The second-order valence-corrected chi connectivity index (χ2v) is 6.30. The third-order valence-electron chi connectivity index (χ3n) is 3.11. The minimum absolute atomic E-state index is 0.711. The molecule has 0 amide bonds. The van der Waals surface area contributed by atoms with Gasteiger partial charge in [0.1, 0.15) is 0 Å². The summed E-state index contributed by atoms with van der Waals surface area (Å²) < 4.78 is 1.92. The molecule has 6 heteroatoms. The van der Waals surface area contributed by atoms with Gasteiger partial charge >= 0.3 is 0 Å². The molecule has 0 bridgehead atoms. The van der Waals surface area contributed by atoms with Gasteiger partial charge < -0.3 is 10.6 Å². The maximum absolute atomic E-state index is 4.59. The van der Waals surface area contributed by atoms with Gasteiger partial charge in [-0.1, -0.05) is 18.2 Å². The second-order valence-electron chi connectivity index (χ2n) is 5.13. The van der Waals surface area contributed by atoms with Gasteiger partial charge in [0.15, 0.2) is 5.96 Å². The van der Waals surface area contributed by atoms with Crippen LogP contribution in [0.1, 0.15) is 12.5 Å². The molecular weight excluding hydrogens is 306 g/mol. The van der Waals surface area contributed by atoms with Gasteiger partial charge in [-0.15, -0.1) is 11.8 Å². The minimum atomic E-state index is 0.711. The van der Waals surface area contributed by atoms with Crippen LogP contribution in [-0.4, -0.2) is 41.1 Å². The highest BCUT2D eigenvalue weighted by Gasteiger charge is 1.98. The van der Waals surface area contributed by atoms with E-state index in [9.17, 15) is 0 Å². The van der Waals surface area contributed by atoms with Gasteiger partial charge in [0, 0.05) is 29.9 Å². The molecule has 124 valence electrons. The molecule has 0 radical (unpaired) electrons. The Morgan fingerprint density at radius 2 is 2.09 bits per heavy atom. The van der Waals surface area contributed by atoms with Crippen molar-refractivity contribution in [2.45, 2.75) is 25.3 Å². The highest BCUT2D eigenvalue weighted by Crippen LogP contribution is 2.15. The maximum atomic E-state index is 4.59. The van der Waals surface area contributed by atoms with Crippen LogP contribution in [0.5, 0.6) is 0 Å². The summed E-state index contributed by atoms with van der Waals surface area (Å²) in [6.07, 6.45) is 3.90. The quantitative estimate of drug-likeness (QED) is 0.338. The molecule has 0 saturated heterocycles. The number of hydrogen-bond acceptors (Lipinski definition) is 3. The van der Waals surface area contributed by atoms with E-state index in [0.29, 0.717) is 6.54 Å². The SMILES string of the molecule is CCNC(=NCCn1cc(C)cn1)NCCSc1ccccc1. The molecule has 1 aromatic carbocycles. The molecule has 1 heterocycles. The van der Waals surface area contributed by atoms with Crippen molar-refractivity contribution in [3.8, 4) is 0 Å². The van der Waals surface area contributed by atoms with Crippen LogP contribution in [0, 0.1) is 6.92 Å². The van der Waals surface area contributed by atoms with Crippen molar-refractivity contribution in [1.82, 2.24) is 20.4 Å². The number of benzene rings is 1. The summed E-state index contributed by atoms with van der Waals surface area (Å²) in [6, 6.07) is 10.4. The Morgan fingerprint density at radius 1 is 1.26 bits per heavy atom. The first-order chi connectivity index (χ1) is 11.3. The topological polar surface area (TPSA) is 54.2 Å². The van der Waals surface area contributed by atoms with Crippen LogP contribution in [0.3, 0.4) is 0 Å². The number of rotatable bonds is 8. The number of aromatic nitrogens is 2. The van der Waals surface area contributed by atoms with Gasteiger partial charge in [0.2, 0.25) is 0 Å². The molecule has 2 N–H and O–H groups in total. The standard InChI is InChI=1S/C17H25N5S/c1-3-18-17(19-9-11-22-14-15(2)13-21-22)20-10-12-23-16-7-5-4-6-8-16/h4-8,13-14H,3,9-12H2,1-2H3,(H2,18,19,20). The fourth-order valence-corrected chi connectivity index (χ4v) is 2.84. The lowest BCUT2D eigenvalue weighted by Crippen LogP contribution is -2.38. The lowest BCUT2D eigenvalue weighted by atomic mass is 10.4. The maximum Gasteiger partial charge on any atom is 0.191 e. The Morgan fingerprint density at radius 3 is 2.78 bits per heavy atom. The lowest BCUT2D eigenvalue weighted by molar-refractivity contribution is 0.622. The molecule has 1 aromatic heterocycles. The van der Waals surface area contributed by atoms with E-state index in [-0.39, 0.29) is 0 Å². The van der Waals surface area contributed by atoms with Crippen molar-refractivity contribution >= 4 is 17.7 Å². The number of nitrogens with zero attached hydrogens (tertiary/aromatic N) is 3. The van der Waals surface area contributed by atoms with Gasteiger partial charge in [-0.25, -0.2) is 0 Å². The van der Waals surface area contributed by atoms with Gasteiger partial charge in [0.05, 0.1) is 19.3 Å². The van der Waals surface area contributed by atoms with E-state index in [2.05, 4.69) is 51.9 Å². The van der Waals surface area contributed by atoms with Crippen LogP contribution >= 0.6 is 11.8 Å². The molecular formula is C17H25N5S. The van der Waals surface area contributed by atoms with Crippen molar-refractivity contribution in [3.63, 3.8) is 0 Å². The van der Waals surface area contributed by atoms with Crippen LogP contribution in [0.2, 0.25) is 0 Å². The molecule has 2 aromatic rings. The monoisotopic (exact) mass is 331 g/mol. The van der Waals surface area contributed by atoms with Crippen LogP contribution in [-0.2, 0) is 6.54 Å². The number of guanidine groups is 1. The molecule has 0 atom stereocenters. The van der Waals surface area contributed by atoms with Crippen molar-refractivity contribution in [2.75, 3.05) is 25.4 Å². The number of hydrogen-bond donors (Lipinski definition) is 2. The van der Waals surface area contributed by atoms with Crippen LogP contribution in [0.4, 0.5) is 0 Å². The predicted octanol–water partition coefficient (Wildman–Crippen LogP) is 2.54. The van der Waals surface area contributed by atoms with Gasteiger partial charge in [0.25, 0.3) is 0 Å². The molecule has 0 unspecified atom stereocenters. The van der Waals surface area contributed by atoms with E-state index in [0.717, 1.165) is 31.3 Å².